The van der Waals surface area contributed by atoms with Crippen LogP contribution >= 0.6 is 0 Å². The van der Waals surface area contributed by atoms with Crippen LogP contribution in [-0.4, -0.2) is 42.5 Å². The Bertz CT molecular complexity index is 641. The van der Waals surface area contributed by atoms with Crippen LogP contribution in [-0.2, 0) is 4.79 Å². The van der Waals surface area contributed by atoms with E-state index in [1.165, 1.54) is 12.1 Å². The molecule has 1 heterocycles. The first-order valence-electron chi connectivity index (χ1n) is 8.51. The summed E-state index contributed by atoms with van der Waals surface area (Å²) in [5, 5.41) is 15.5. The number of carbonyl (C=O) groups excluding carboxylic acids is 2. The molecule has 0 bridgehead atoms. The first-order valence-corrected chi connectivity index (χ1v) is 8.51. The van der Waals surface area contributed by atoms with Crippen molar-refractivity contribution in [1.29, 1.82) is 0 Å². The third-order valence-corrected chi connectivity index (χ3v) is 4.97. The normalized spacial score (nSPS) is 17.5. The van der Waals surface area contributed by atoms with E-state index in [2.05, 4.69) is 10.6 Å². The molecule has 7 nitrogen and oxygen atoms in total. The number of hydrogen-bond acceptors (Lipinski definition) is 4. The molecule has 2 atom stereocenters. The molecule has 1 aliphatic rings. The molecule has 1 aromatic carbocycles. The first-order chi connectivity index (χ1) is 11.9. The molecule has 1 saturated heterocycles. The molecule has 5 N–H and O–H groups in total. The molecule has 1 fully saturated rings. The highest BCUT2D eigenvalue weighted by atomic mass is 16.4. The minimum atomic E-state index is -0.905. The number of rotatable bonds is 7. The van der Waals surface area contributed by atoms with Crippen LogP contribution in [0.4, 0.5) is 0 Å². The number of carboxylic acids is 1. The lowest BCUT2D eigenvalue weighted by Crippen LogP contribution is -2.41. The molecular weight excluding hydrogens is 322 g/mol. The number of hydrogen-bond donors (Lipinski definition) is 4. The standard InChI is InChI=1S/C18H25N3O4/c1-11(12-5-7-20-8-6-12)15(18(24)25)10-21-17(23)14-4-2-3-13(9-14)16(19)22/h2-4,9,11-12,15,20H,5-8,10H2,1H3,(H2,19,22)(H,21,23)(H,24,25). The zero-order chi connectivity index (χ0) is 18.4. The van der Waals surface area contributed by atoms with Crippen LogP contribution in [0.25, 0.3) is 0 Å². The van der Waals surface area contributed by atoms with Crippen LogP contribution in [0.3, 0.4) is 0 Å². The molecule has 0 aliphatic carbocycles. The van der Waals surface area contributed by atoms with Crippen molar-refractivity contribution >= 4 is 17.8 Å². The lowest BCUT2D eigenvalue weighted by molar-refractivity contribution is -0.144. The average Bonchev–Trinajstić information content (AvgIpc) is 2.62. The fraction of sp³-hybridized carbons (Fsp3) is 0.500. The number of amides is 2. The molecular formula is C18H25N3O4. The number of aliphatic carboxylic acids is 1. The van der Waals surface area contributed by atoms with Crippen LogP contribution < -0.4 is 16.4 Å². The summed E-state index contributed by atoms with van der Waals surface area (Å²) in [5.74, 6) is -2.28. The molecule has 0 spiro atoms. The van der Waals surface area contributed by atoms with Gasteiger partial charge in [-0.05, 0) is 56.0 Å². The van der Waals surface area contributed by atoms with Crippen molar-refractivity contribution in [2.24, 2.45) is 23.5 Å². The monoisotopic (exact) mass is 347 g/mol. The molecule has 0 saturated carbocycles. The first kappa shape index (κ1) is 18.9. The van der Waals surface area contributed by atoms with Crippen molar-refractivity contribution in [2.75, 3.05) is 19.6 Å². The predicted molar refractivity (Wildman–Crippen MR) is 93.2 cm³/mol. The Labute approximate surface area is 147 Å². The third-order valence-electron chi connectivity index (χ3n) is 4.97. The smallest absolute Gasteiger partial charge is 0.308 e. The fourth-order valence-electron chi connectivity index (χ4n) is 3.32. The van der Waals surface area contributed by atoms with Gasteiger partial charge in [-0.1, -0.05) is 13.0 Å². The van der Waals surface area contributed by atoms with E-state index in [-0.39, 0.29) is 23.6 Å². The Morgan fingerprint density at radius 1 is 1.28 bits per heavy atom. The largest absolute Gasteiger partial charge is 0.481 e. The van der Waals surface area contributed by atoms with E-state index in [0.717, 1.165) is 25.9 Å². The van der Waals surface area contributed by atoms with Crippen LogP contribution in [0.5, 0.6) is 0 Å². The van der Waals surface area contributed by atoms with Crippen LogP contribution in [0.1, 0.15) is 40.5 Å². The number of benzene rings is 1. The summed E-state index contributed by atoms with van der Waals surface area (Å²) in [6.45, 7) is 3.79. The Balaban J connectivity index is 2.00. The molecule has 1 aromatic rings. The van der Waals surface area contributed by atoms with Crippen molar-refractivity contribution in [3.05, 3.63) is 35.4 Å². The summed E-state index contributed by atoms with van der Waals surface area (Å²) in [7, 11) is 0. The van der Waals surface area contributed by atoms with Gasteiger partial charge in [0.25, 0.3) is 5.91 Å². The van der Waals surface area contributed by atoms with E-state index in [1.807, 2.05) is 6.92 Å². The number of nitrogens with one attached hydrogen (secondary N) is 2. The molecule has 2 rings (SSSR count). The van der Waals surface area contributed by atoms with Crippen molar-refractivity contribution in [3.8, 4) is 0 Å². The van der Waals surface area contributed by atoms with Crippen molar-refractivity contribution in [1.82, 2.24) is 10.6 Å². The summed E-state index contributed by atoms with van der Waals surface area (Å²) in [6, 6.07) is 6.07. The Morgan fingerprint density at radius 2 is 1.92 bits per heavy atom. The van der Waals surface area contributed by atoms with Crippen LogP contribution in [0, 0.1) is 17.8 Å². The zero-order valence-electron chi connectivity index (χ0n) is 14.3. The van der Waals surface area contributed by atoms with Gasteiger partial charge < -0.3 is 21.5 Å². The van der Waals surface area contributed by atoms with Crippen molar-refractivity contribution in [3.63, 3.8) is 0 Å². The van der Waals surface area contributed by atoms with Gasteiger partial charge in [-0.15, -0.1) is 0 Å². The molecule has 2 amide bonds. The van der Waals surface area contributed by atoms with E-state index >= 15 is 0 Å². The second-order valence-corrected chi connectivity index (χ2v) is 6.55. The number of carboxylic acid groups (broad SMARTS) is 1. The quantitative estimate of drug-likeness (QED) is 0.583. The van der Waals surface area contributed by atoms with Gasteiger partial charge in [-0.2, -0.15) is 0 Å². The highest BCUT2D eigenvalue weighted by Crippen LogP contribution is 2.28. The number of carbonyl (C=O) groups is 3. The molecule has 0 aromatic heterocycles. The van der Waals surface area contributed by atoms with Gasteiger partial charge in [-0.3, -0.25) is 14.4 Å². The summed E-state index contributed by atoms with van der Waals surface area (Å²) in [5.41, 5.74) is 5.74. The molecule has 1 aliphatic heterocycles. The van der Waals surface area contributed by atoms with Gasteiger partial charge in [0.1, 0.15) is 0 Å². The van der Waals surface area contributed by atoms with Crippen molar-refractivity contribution < 1.29 is 19.5 Å². The highest BCUT2D eigenvalue weighted by Gasteiger charge is 2.32. The maximum absolute atomic E-state index is 12.3. The Morgan fingerprint density at radius 3 is 2.52 bits per heavy atom. The SMILES string of the molecule is CC(C1CCNCC1)C(CNC(=O)c1cccc(C(N)=O)c1)C(=O)O. The lowest BCUT2D eigenvalue weighted by atomic mass is 9.78. The van der Waals surface area contributed by atoms with E-state index in [0.29, 0.717) is 5.92 Å². The second-order valence-electron chi connectivity index (χ2n) is 6.55. The van der Waals surface area contributed by atoms with Gasteiger partial charge in [0.2, 0.25) is 5.91 Å². The summed E-state index contributed by atoms with van der Waals surface area (Å²) < 4.78 is 0. The van der Waals surface area contributed by atoms with E-state index < -0.39 is 23.7 Å². The third kappa shape index (κ3) is 5.03. The lowest BCUT2D eigenvalue weighted by Gasteiger charge is -2.32. The number of primary amides is 1. The molecule has 136 valence electrons. The summed E-state index contributed by atoms with van der Waals surface area (Å²) in [4.78, 5) is 35.1. The molecule has 7 heteroatoms. The molecule has 0 radical (unpaired) electrons. The predicted octanol–water partition coefficient (Wildman–Crippen LogP) is 0.852. The topological polar surface area (TPSA) is 122 Å². The van der Waals surface area contributed by atoms with Gasteiger partial charge >= 0.3 is 5.97 Å². The Hall–Kier alpha value is -2.41. The van der Waals surface area contributed by atoms with Crippen LogP contribution in [0.2, 0.25) is 0 Å². The van der Waals surface area contributed by atoms with Crippen molar-refractivity contribution in [2.45, 2.75) is 19.8 Å². The molecule has 25 heavy (non-hydrogen) atoms. The zero-order valence-corrected chi connectivity index (χ0v) is 14.3. The minimum Gasteiger partial charge on any atom is -0.481 e. The number of nitrogens with two attached hydrogens (primary N) is 1. The Kier molecular flexibility index (Phi) is 6.52. The van der Waals surface area contributed by atoms with Crippen LogP contribution in [0.15, 0.2) is 24.3 Å². The highest BCUT2D eigenvalue weighted by molar-refractivity contribution is 5.99. The van der Waals surface area contributed by atoms with Gasteiger partial charge in [-0.25, -0.2) is 0 Å². The van der Waals surface area contributed by atoms with E-state index in [4.69, 9.17) is 5.73 Å². The maximum atomic E-state index is 12.3. The van der Waals surface area contributed by atoms with Gasteiger partial charge in [0.15, 0.2) is 0 Å². The number of piperidine rings is 1. The average molecular weight is 347 g/mol. The van der Waals surface area contributed by atoms with E-state index in [9.17, 15) is 19.5 Å². The van der Waals surface area contributed by atoms with Gasteiger partial charge in [0.05, 0.1) is 5.92 Å². The summed E-state index contributed by atoms with van der Waals surface area (Å²) in [6.07, 6.45) is 1.89. The molecule has 2 unspecified atom stereocenters. The minimum absolute atomic E-state index is 0.0307. The van der Waals surface area contributed by atoms with Gasteiger partial charge in [0, 0.05) is 17.7 Å². The second kappa shape index (κ2) is 8.62. The summed E-state index contributed by atoms with van der Waals surface area (Å²) >= 11 is 0. The van der Waals surface area contributed by atoms with E-state index in [1.54, 1.807) is 12.1 Å². The maximum Gasteiger partial charge on any atom is 0.308 e. The fourth-order valence-corrected chi connectivity index (χ4v) is 3.32.